The molecule has 118 valence electrons. The van der Waals surface area contributed by atoms with Gasteiger partial charge in [0.2, 0.25) is 0 Å². The number of methoxy groups -OCH3 is 2. The van der Waals surface area contributed by atoms with Gasteiger partial charge < -0.3 is 15.2 Å². The van der Waals surface area contributed by atoms with Crippen LogP contribution in [0.15, 0.2) is 24.3 Å². The maximum absolute atomic E-state index is 12.4. The second-order valence-electron chi connectivity index (χ2n) is 5.49. The van der Waals surface area contributed by atoms with Crippen molar-refractivity contribution in [1.82, 2.24) is 0 Å². The molecule has 1 aromatic rings. The zero-order valence-electron chi connectivity index (χ0n) is 12.7. The molecule has 1 aromatic carbocycles. The molecular formula is C15H23NO4S. The Hall–Kier alpha value is -1.11. The van der Waals surface area contributed by atoms with E-state index in [2.05, 4.69) is 0 Å². The lowest BCUT2D eigenvalue weighted by molar-refractivity contribution is 0.142. The summed E-state index contributed by atoms with van der Waals surface area (Å²) in [7, 11) is 0.0114. The van der Waals surface area contributed by atoms with E-state index in [4.69, 9.17) is 15.2 Å². The van der Waals surface area contributed by atoms with Crippen LogP contribution in [-0.4, -0.2) is 46.8 Å². The minimum absolute atomic E-state index is 0.113. The maximum Gasteiger partial charge on any atom is 0.154 e. The SMILES string of the molecule is CCS(=O)(=O)[C@@H]1[C@H](c2ccc(OC)cc2)[C@]1(CN)COC. The van der Waals surface area contributed by atoms with Crippen LogP contribution in [-0.2, 0) is 14.6 Å². The topological polar surface area (TPSA) is 78.6 Å². The van der Waals surface area contributed by atoms with Crippen molar-refractivity contribution in [3.63, 3.8) is 0 Å². The highest BCUT2D eigenvalue weighted by Crippen LogP contribution is 2.62. The lowest BCUT2D eigenvalue weighted by Gasteiger charge is -2.14. The van der Waals surface area contributed by atoms with Crippen LogP contribution < -0.4 is 10.5 Å². The molecule has 1 saturated carbocycles. The molecule has 0 amide bonds. The second kappa shape index (κ2) is 5.94. The summed E-state index contributed by atoms with van der Waals surface area (Å²) < 4.78 is 35.2. The Balaban J connectivity index is 2.39. The predicted octanol–water partition coefficient (Wildman–Crippen LogP) is 1.19. The van der Waals surface area contributed by atoms with Crippen molar-refractivity contribution < 1.29 is 17.9 Å². The maximum atomic E-state index is 12.4. The number of ether oxygens (including phenoxy) is 2. The smallest absolute Gasteiger partial charge is 0.154 e. The zero-order chi connectivity index (χ0) is 15.7. The minimum atomic E-state index is -3.17. The minimum Gasteiger partial charge on any atom is -0.497 e. The molecule has 2 rings (SSSR count). The van der Waals surface area contributed by atoms with Crippen molar-refractivity contribution in [2.75, 3.05) is 33.1 Å². The quantitative estimate of drug-likeness (QED) is 0.818. The summed E-state index contributed by atoms with van der Waals surface area (Å²) in [6.07, 6.45) is 0. The normalized spacial score (nSPS) is 28.4. The summed E-state index contributed by atoms with van der Waals surface area (Å²) in [4.78, 5) is 0. The van der Waals surface area contributed by atoms with Gasteiger partial charge in [-0.25, -0.2) is 8.42 Å². The van der Waals surface area contributed by atoms with E-state index in [1.165, 1.54) is 0 Å². The van der Waals surface area contributed by atoms with Crippen molar-refractivity contribution in [3.05, 3.63) is 29.8 Å². The van der Waals surface area contributed by atoms with Gasteiger partial charge in [0, 0.05) is 30.7 Å². The highest BCUT2D eigenvalue weighted by Gasteiger charge is 2.69. The number of hydrogen-bond donors (Lipinski definition) is 1. The van der Waals surface area contributed by atoms with Crippen molar-refractivity contribution in [2.24, 2.45) is 11.1 Å². The summed E-state index contributed by atoms with van der Waals surface area (Å²) in [6, 6.07) is 7.51. The predicted molar refractivity (Wildman–Crippen MR) is 82.3 cm³/mol. The van der Waals surface area contributed by atoms with Gasteiger partial charge in [-0.3, -0.25) is 0 Å². The van der Waals surface area contributed by atoms with E-state index < -0.39 is 20.5 Å². The van der Waals surface area contributed by atoms with Gasteiger partial charge in [0.25, 0.3) is 0 Å². The van der Waals surface area contributed by atoms with Gasteiger partial charge in [-0.1, -0.05) is 19.1 Å². The molecule has 1 aliphatic rings. The van der Waals surface area contributed by atoms with Gasteiger partial charge in [0.1, 0.15) is 5.75 Å². The van der Waals surface area contributed by atoms with Crippen LogP contribution in [0.3, 0.4) is 0 Å². The average molecular weight is 313 g/mol. The van der Waals surface area contributed by atoms with E-state index in [-0.39, 0.29) is 11.7 Å². The Morgan fingerprint density at radius 2 is 1.86 bits per heavy atom. The molecule has 0 heterocycles. The number of nitrogens with two attached hydrogens (primary N) is 1. The third kappa shape index (κ3) is 2.67. The van der Waals surface area contributed by atoms with Crippen molar-refractivity contribution in [3.8, 4) is 5.75 Å². The molecule has 3 atom stereocenters. The molecule has 1 fully saturated rings. The first kappa shape index (κ1) is 16.3. The standard InChI is InChI=1S/C15H23NO4S/c1-4-21(17,18)14-13(15(14,9-16)10-19-2)11-5-7-12(20-3)8-6-11/h5-8,13-14H,4,9-10,16H2,1-3H3/t13-,14+,15-/m0/s1. The number of benzene rings is 1. The van der Waals surface area contributed by atoms with Gasteiger partial charge >= 0.3 is 0 Å². The molecule has 0 spiro atoms. The highest BCUT2D eigenvalue weighted by atomic mass is 32.2. The summed E-state index contributed by atoms with van der Waals surface area (Å²) >= 11 is 0. The van der Waals surface area contributed by atoms with Crippen LogP contribution in [0, 0.1) is 5.41 Å². The van der Waals surface area contributed by atoms with Gasteiger partial charge in [0.05, 0.1) is 19.0 Å². The monoisotopic (exact) mass is 313 g/mol. The number of hydrogen-bond acceptors (Lipinski definition) is 5. The lowest BCUT2D eigenvalue weighted by Crippen LogP contribution is -2.28. The largest absolute Gasteiger partial charge is 0.497 e. The van der Waals surface area contributed by atoms with Crippen LogP contribution in [0.25, 0.3) is 0 Å². The van der Waals surface area contributed by atoms with Crippen LogP contribution in [0.4, 0.5) is 0 Å². The van der Waals surface area contributed by atoms with Crippen LogP contribution in [0.2, 0.25) is 0 Å². The Morgan fingerprint density at radius 3 is 2.29 bits per heavy atom. The van der Waals surface area contributed by atoms with Gasteiger partial charge in [-0.2, -0.15) is 0 Å². The molecule has 0 unspecified atom stereocenters. The van der Waals surface area contributed by atoms with Gasteiger partial charge in [0.15, 0.2) is 9.84 Å². The Bertz CT molecular complexity index is 584. The first-order valence-electron chi connectivity index (χ1n) is 7.01. The van der Waals surface area contributed by atoms with Crippen LogP contribution in [0.1, 0.15) is 18.4 Å². The third-order valence-corrected chi connectivity index (χ3v) is 6.76. The fourth-order valence-corrected chi connectivity index (χ4v) is 5.41. The average Bonchev–Trinajstić information content (AvgIpc) is 3.18. The Kier molecular flexibility index (Phi) is 4.60. The van der Waals surface area contributed by atoms with E-state index in [1.807, 2.05) is 24.3 Å². The van der Waals surface area contributed by atoms with Gasteiger partial charge in [-0.15, -0.1) is 0 Å². The molecule has 0 aliphatic heterocycles. The zero-order valence-corrected chi connectivity index (χ0v) is 13.5. The summed E-state index contributed by atoms with van der Waals surface area (Å²) in [6.45, 7) is 2.32. The van der Waals surface area contributed by atoms with E-state index in [9.17, 15) is 8.42 Å². The van der Waals surface area contributed by atoms with Crippen molar-refractivity contribution in [2.45, 2.75) is 18.1 Å². The Morgan fingerprint density at radius 1 is 1.24 bits per heavy atom. The molecule has 0 bridgehead atoms. The molecule has 0 radical (unpaired) electrons. The molecule has 2 N–H and O–H groups in total. The van der Waals surface area contributed by atoms with Gasteiger partial charge in [-0.05, 0) is 17.7 Å². The fraction of sp³-hybridized carbons (Fsp3) is 0.600. The fourth-order valence-electron chi connectivity index (χ4n) is 3.26. The van der Waals surface area contributed by atoms with E-state index >= 15 is 0 Å². The lowest BCUT2D eigenvalue weighted by atomic mass is 10.00. The summed E-state index contributed by atoms with van der Waals surface area (Å²) in [5.41, 5.74) is 6.37. The Labute approximate surface area is 126 Å². The number of sulfone groups is 1. The van der Waals surface area contributed by atoms with Crippen molar-refractivity contribution >= 4 is 9.84 Å². The molecule has 6 heteroatoms. The van der Waals surface area contributed by atoms with E-state index in [0.29, 0.717) is 13.2 Å². The molecule has 0 aromatic heterocycles. The molecule has 1 aliphatic carbocycles. The third-order valence-electron chi connectivity index (χ3n) is 4.44. The molecule has 0 saturated heterocycles. The highest BCUT2D eigenvalue weighted by molar-refractivity contribution is 7.92. The van der Waals surface area contributed by atoms with Crippen molar-refractivity contribution in [1.29, 1.82) is 0 Å². The van der Waals surface area contributed by atoms with E-state index in [0.717, 1.165) is 11.3 Å². The second-order valence-corrected chi connectivity index (χ2v) is 7.90. The van der Waals surface area contributed by atoms with Crippen LogP contribution in [0.5, 0.6) is 5.75 Å². The first-order chi connectivity index (χ1) is 9.96. The summed E-state index contributed by atoms with van der Waals surface area (Å²) in [5, 5.41) is -0.464. The first-order valence-corrected chi connectivity index (χ1v) is 8.73. The molecular weight excluding hydrogens is 290 g/mol. The molecule has 5 nitrogen and oxygen atoms in total. The summed E-state index contributed by atoms with van der Waals surface area (Å²) in [5.74, 6) is 0.758. The van der Waals surface area contributed by atoms with E-state index in [1.54, 1.807) is 21.1 Å². The molecule has 21 heavy (non-hydrogen) atoms. The van der Waals surface area contributed by atoms with Crippen LogP contribution >= 0.6 is 0 Å². The number of rotatable bonds is 7.